The van der Waals surface area contributed by atoms with Crippen LogP contribution >= 0.6 is 11.6 Å². The molecule has 1 aliphatic heterocycles. The molecule has 1 aliphatic rings. The summed E-state index contributed by atoms with van der Waals surface area (Å²) in [4.78, 5) is 17.5. The summed E-state index contributed by atoms with van der Waals surface area (Å²) in [5.74, 6) is 0.106. The zero-order chi connectivity index (χ0) is 20.5. The number of halogens is 1. The Kier molecular flexibility index (Phi) is 4.53. The van der Waals surface area contributed by atoms with Crippen molar-refractivity contribution in [2.45, 2.75) is 6.17 Å². The number of nitrogens with zero attached hydrogens (tertiary/aromatic N) is 3. The molecule has 30 heavy (non-hydrogen) atoms. The van der Waals surface area contributed by atoms with Crippen molar-refractivity contribution in [1.82, 2.24) is 10.2 Å². The molecule has 0 fully saturated rings. The summed E-state index contributed by atoms with van der Waals surface area (Å²) < 4.78 is 10.8. The average Bonchev–Trinajstić information content (AvgIpc) is 3.38. The summed E-state index contributed by atoms with van der Waals surface area (Å²) in [5, 5.41) is 13.8. The second-order valence-electron chi connectivity index (χ2n) is 6.44. The first-order valence-corrected chi connectivity index (χ1v) is 9.44. The van der Waals surface area contributed by atoms with E-state index in [1.165, 1.54) is 0 Å². The number of carbonyl (C=O) groups excluding carboxylic acids is 1. The molecule has 0 radical (unpaired) electrons. The highest BCUT2D eigenvalue weighted by atomic mass is 35.5. The molecule has 2 aromatic carbocycles. The van der Waals surface area contributed by atoms with Gasteiger partial charge in [-0.1, -0.05) is 53.6 Å². The second kappa shape index (κ2) is 7.49. The molecule has 148 valence electrons. The van der Waals surface area contributed by atoms with Crippen LogP contribution in [0.15, 0.2) is 80.6 Å². The summed E-state index contributed by atoms with van der Waals surface area (Å²) in [7, 11) is 0. The van der Waals surface area contributed by atoms with Crippen molar-refractivity contribution in [3.05, 3.63) is 83.1 Å². The van der Waals surface area contributed by atoms with Crippen molar-refractivity contribution in [3.8, 4) is 11.7 Å². The van der Waals surface area contributed by atoms with Gasteiger partial charge in [0, 0.05) is 11.1 Å². The summed E-state index contributed by atoms with van der Waals surface area (Å²) >= 11 is 5.79. The van der Waals surface area contributed by atoms with Gasteiger partial charge in [0.05, 0.1) is 11.4 Å². The Morgan fingerprint density at radius 1 is 0.933 bits per heavy atom. The van der Waals surface area contributed by atoms with Crippen LogP contribution in [0.25, 0.3) is 11.7 Å². The first kappa shape index (κ1) is 18.1. The Bertz CT molecular complexity index is 1250. The van der Waals surface area contributed by atoms with E-state index in [9.17, 15) is 4.79 Å². The van der Waals surface area contributed by atoms with E-state index >= 15 is 0 Å². The lowest BCUT2D eigenvalue weighted by Gasteiger charge is -2.11. The Labute approximate surface area is 175 Å². The first-order chi connectivity index (χ1) is 14.7. The number of amides is 1. The number of hydrogen-bond acceptors (Lipinski definition) is 7. The molecule has 0 aliphatic carbocycles. The third-order valence-corrected chi connectivity index (χ3v) is 4.67. The highest BCUT2D eigenvalue weighted by Gasteiger charge is 2.27. The molecule has 9 heteroatoms. The molecule has 0 saturated carbocycles. The predicted molar refractivity (Wildman–Crippen MR) is 112 cm³/mol. The second-order valence-corrected chi connectivity index (χ2v) is 6.81. The molecule has 2 N–H and O–H groups in total. The number of aromatic nitrogens is 2. The molecule has 2 aromatic heterocycles. The molecule has 0 spiro atoms. The predicted octanol–water partition coefficient (Wildman–Crippen LogP) is 4.21. The number of fused-ring (bicyclic) bond motifs is 1. The fourth-order valence-electron chi connectivity index (χ4n) is 3.11. The number of benzene rings is 2. The zero-order valence-electron chi connectivity index (χ0n) is 15.4. The van der Waals surface area contributed by atoms with Gasteiger partial charge < -0.3 is 19.5 Å². The molecule has 1 atom stereocenters. The van der Waals surface area contributed by atoms with E-state index in [1.54, 1.807) is 12.1 Å². The number of benzodiazepines with no additional fused rings is 1. The van der Waals surface area contributed by atoms with Crippen LogP contribution in [0.4, 0.5) is 11.7 Å². The van der Waals surface area contributed by atoms with Crippen LogP contribution in [0.1, 0.15) is 11.1 Å². The topological polar surface area (TPSA) is 106 Å². The van der Waals surface area contributed by atoms with Gasteiger partial charge in [0.15, 0.2) is 11.0 Å². The molecular weight excluding hydrogens is 406 g/mol. The minimum Gasteiger partial charge on any atom is -0.440 e. The Hall–Kier alpha value is -3.91. The van der Waals surface area contributed by atoms with E-state index in [-0.39, 0.29) is 23.0 Å². The molecule has 3 heterocycles. The first-order valence-electron chi connectivity index (χ1n) is 9.06. The molecule has 1 amide bonds. The SMILES string of the molecule is O=C1Nc2ccccc2C(c2ccccc2)=N[C@@H]1Nc1nnc(-c2ccc(Cl)o2)o1. The van der Waals surface area contributed by atoms with E-state index < -0.39 is 6.17 Å². The van der Waals surface area contributed by atoms with Crippen LogP contribution in [0.5, 0.6) is 0 Å². The third kappa shape index (κ3) is 3.44. The molecule has 0 bridgehead atoms. The normalized spacial score (nSPS) is 15.7. The monoisotopic (exact) mass is 419 g/mol. The summed E-state index contributed by atoms with van der Waals surface area (Å²) in [6, 6.07) is 20.3. The number of anilines is 2. The lowest BCUT2D eigenvalue weighted by atomic mass is 10.0. The maximum atomic E-state index is 12.8. The van der Waals surface area contributed by atoms with Crippen molar-refractivity contribution < 1.29 is 13.6 Å². The van der Waals surface area contributed by atoms with Crippen molar-refractivity contribution in [1.29, 1.82) is 0 Å². The summed E-state index contributed by atoms with van der Waals surface area (Å²) in [6.45, 7) is 0. The maximum absolute atomic E-state index is 12.8. The summed E-state index contributed by atoms with van der Waals surface area (Å²) in [6.07, 6.45) is -0.985. The fraction of sp³-hybridized carbons (Fsp3) is 0.0476. The number of hydrogen-bond donors (Lipinski definition) is 2. The van der Waals surface area contributed by atoms with Crippen LogP contribution in [0.2, 0.25) is 5.22 Å². The van der Waals surface area contributed by atoms with E-state index in [0.717, 1.165) is 11.1 Å². The van der Waals surface area contributed by atoms with Gasteiger partial charge in [0.25, 0.3) is 11.8 Å². The van der Waals surface area contributed by atoms with E-state index in [4.69, 9.17) is 20.4 Å². The molecule has 0 saturated heterocycles. The Balaban J connectivity index is 1.51. The molecular formula is C21H14ClN5O3. The molecule has 0 unspecified atom stereocenters. The van der Waals surface area contributed by atoms with Crippen LogP contribution in [0, 0.1) is 0 Å². The fourth-order valence-corrected chi connectivity index (χ4v) is 3.25. The Morgan fingerprint density at radius 3 is 2.53 bits per heavy atom. The van der Waals surface area contributed by atoms with Gasteiger partial charge >= 0.3 is 6.01 Å². The van der Waals surface area contributed by atoms with Crippen LogP contribution in [-0.2, 0) is 4.79 Å². The number of carbonyl (C=O) groups is 1. The van der Waals surface area contributed by atoms with Crippen LogP contribution in [-0.4, -0.2) is 28.0 Å². The zero-order valence-corrected chi connectivity index (χ0v) is 16.1. The number of nitrogens with one attached hydrogen (secondary N) is 2. The standard InChI is InChI=1S/C21H14ClN5O3/c22-16-11-10-15(29-16)20-26-27-21(30-20)25-18-19(28)23-14-9-5-4-8-13(14)17(24-18)12-6-2-1-3-7-12/h1-11,18H,(H,23,28)(H,25,27)/t18-/m1/s1. The quantitative estimate of drug-likeness (QED) is 0.513. The average molecular weight is 420 g/mol. The van der Waals surface area contributed by atoms with Crippen LogP contribution < -0.4 is 10.6 Å². The summed E-state index contributed by atoms with van der Waals surface area (Å²) in [5.41, 5.74) is 3.04. The maximum Gasteiger partial charge on any atom is 0.317 e. The molecule has 4 aromatic rings. The Morgan fingerprint density at radius 2 is 1.73 bits per heavy atom. The van der Waals surface area contributed by atoms with Crippen LogP contribution in [0.3, 0.4) is 0 Å². The van der Waals surface area contributed by atoms with Gasteiger partial charge in [-0.15, -0.1) is 5.10 Å². The van der Waals surface area contributed by atoms with Crippen molar-refractivity contribution in [3.63, 3.8) is 0 Å². The van der Waals surface area contributed by atoms with Gasteiger partial charge in [0.2, 0.25) is 6.17 Å². The van der Waals surface area contributed by atoms with E-state index in [2.05, 4.69) is 25.8 Å². The minimum atomic E-state index is -0.985. The van der Waals surface area contributed by atoms with Crippen molar-refractivity contribution in [2.24, 2.45) is 4.99 Å². The van der Waals surface area contributed by atoms with Gasteiger partial charge in [0.1, 0.15) is 0 Å². The highest BCUT2D eigenvalue weighted by Crippen LogP contribution is 2.27. The largest absolute Gasteiger partial charge is 0.440 e. The minimum absolute atomic E-state index is 0.0276. The van der Waals surface area contributed by atoms with Gasteiger partial charge in [-0.25, -0.2) is 4.99 Å². The van der Waals surface area contributed by atoms with Gasteiger partial charge in [-0.05, 0) is 29.8 Å². The highest BCUT2D eigenvalue weighted by molar-refractivity contribution is 6.29. The smallest absolute Gasteiger partial charge is 0.317 e. The van der Waals surface area contributed by atoms with E-state index in [0.29, 0.717) is 17.2 Å². The van der Waals surface area contributed by atoms with Gasteiger partial charge in [-0.2, -0.15) is 0 Å². The van der Waals surface area contributed by atoms with Crippen molar-refractivity contribution in [2.75, 3.05) is 10.6 Å². The third-order valence-electron chi connectivity index (χ3n) is 4.46. The van der Waals surface area contributed by atoms with E-state index in [1.807, 2.05) is 54.6 Å². The lowest BCUT2D eigenvalue weighted by Crippen LogP contribution is -2.32. The number of para-hydroxylation sites is 1. The number of furan rings is 1. The lowest BCUT2D eigenvalue weighted by molar-refractivity contribution is -0.116. The number of aliphatic imine (C=N–C) groups is 1. The number of rotatable bonds is 4. The van der Waals surface area contributed by atoms with Crippen molar-refractivity contribution >= 4 is 34.9 Å². The van der Waals surface area contributed by atoms with Gasteiger partial charge in [-0.3, -0.25) is 4.79 Å². The molecule has 5 rings (SSSR count). The molecule has 8 nitrogen and oxygen atoms in total.